The van der Waals surface area contributed by atoms with Crippen LogP contribution in [-0.4, -0.2) is 0 Å². The fraction of sp³-hybridized carbons (Fsp3) is 0.0476. The van der Waals surface area contributed by atoms with Crippen LogP contribution in [0.1, 0.15) is 5.56 Å². The van der Waals surface area contributed by atoms with Crippen LogP contribution in [0.25, 0.3) is 11.0 Å². The van der Waals surface area contributed by atoms with Crippen molar-refractivity contribution >= 4 is 34.2 Å². The van der Waals surface area contributed by atoms with Crippen LogP contribution < -0.4 is 16.1 Å². The van der Waals surface area contributed by atoms with Crippen molar-refractivity contribution in [3.8, 4) is 0 Å². The zero-order chi connectivity index (χ0) is 16.6. The molecular formula is C21H17O2P. The van der Waals surface area contributed by atoms with Crippen molar-refractivity contribution in [3.05, 3.63) is 90.5 Å². The molecule has 4 rings (SSSR count). The number of para-hydroxylation sites is 1. The molecule has 0 amide bonds. The molecule has 24 heavy (non-hydrogen) atoms. The summed E-state index contributed by atoms with van der Waals surface area (Å²) >= 11 is 0. The van der Waals surface area contributed by atoms with Crippen molar-refractivity contribution in [1.29, 1.82) is 0 Å². The zero-order valence-corrected chi connectivity index (χ0v) is 14.2. The first kappa shape index (κ1) is 15.0. The smallest absolute Gasteiger partial charge is 0.204 e. The average Bonchev–Trinajstić information content (AvgIpc) is 3.00. The van der Waals surface area contributed by atoms with Gasteiger partial charge >= 0.3 is 0 Å². The molecule has 0 radical (unpaired) electrons. The van der Waals surface area contributed by atoms with Crippen molar-refractivity contribution in [2.45, 2.75) is 6.92 Å². The maximum atomic E-state index is 14.3. The lowest BCUT2D eigenvalue weighted by molar-refractivity contribution is 0.579. The lowest BCUT2D eigenvalue weighted by Gasteiger charge is -2.18. The standard InChI is InChI=1S/C21H17O2P/c1-16-19-14-8-9-15-20(19)23-21(16)24(22,17-10-4-2-5-11-17)18-12-6-3-7-13-18/h2-15H,1H3. The van der Waals surface area contributed by atoms with Crippen LogP contribution in [0, 0.1) is 6.92 Å². The van der Waals surface area contributed by atoms with Crippen LogP contribution in [0.3, 0.4) is 0 Å². The molecule has 0 aliphatic carbocycles. The molecule has 1 heterocycles. The highest BCUT2D eigenvalue weighted by atomic mass is 31.2. The van der Waals surface area contributed by atoms with Crippen LogP contribution >= 0.6 is 7.14 Å². The van der Waals surface area contributed by atoms with E-state index < -0.39 is 7.14 Å². The second-order valence-electron chi connectivity index (χ2n) is 5.81. The largest absolute Gasteiger partial charge is 0.452 e. The number of hydrogen-bond donors (Lipinski definition) is 0. The third-order valence-corrected chi connectivity index (χ3v) is 7.39. The van der Waals surface area contributed by atoms with Crippen molar-refractivity contribution in [2.24, 2.45) is 0 Å². The van der Waals surface area contributed by atoms with E-state index in [1.165, 1.54) is 0 Å². The second-order valence-corrected chi connectivity index (χ2v) is 8.47. The summed E-state index contributed by atoms with van der Waals surface area (Å²) in [7, 11) is -3.05. The molecule has 0 saturated heterocycles. The van der Waals surface area contributed by atoms with Crippen LogP contribution in [0.2, 0.25) is 0 Å². The summed E-state index contributed by atoms with van der Waals surface area (Å²) in [4.78, 5) is 0. The summed E-state index contributed by atoms with van der Waals surface area (Å²) in [6, 6.07) is 27.1. The Morgan fingerprint density at radius 3 is 1.75 bits per heavy atom. The van der Waals surface area contributed by atoms with Gasteiger partial charge in [0.1, 0.15) is 5.58 Å². The molecule has 0 saturated carbocycles. The highest BCUT2D eigenvalue weighted by molar-refractivity contribution is 7.85. The third-order valence-electron chi connectivity index (χ3n) is 4.34. The minimum atomic E-state index is -3.05. The van der Waals surface area contributed by atoms with Gasteiger partial charge in [0, 0.05) is 21.6 Å². The number of rotatable bonds is 3. The SMILES string of the molecule is Cc1c(P(=O)(c2ccccc2)c2ccccc2)oc2ccccc12. The van der Waals surface area contributed by atoms with Gasteiger partial charge in [-0.05, 0) is 13.0 Å². The first-order chi connectivity index (χ1) is 11.7. The minimum Gasteiger partial charge on any atom is -0.452 e. The van der Waals surface area contributed by atoms with E-state index >= 15 is 0 Å². The van der Waals surface area contributed by atoms with Gasteiger partial charge in [0.2, 0.25) is 7.14 Å². The average molecular weight is 332 g/mol. The fourth-order valence-electron chi connectivity index (χ4n) is 3.12. The van der Waals surface area contributed by atoms with Crippen LogP contribution in [0.15, 0.2) is 89.3 Å². The molecule has 0 aliphatic rings. The van der Waals surface area contributed by atoms with Crippen LogP contribution in [0.5, 0.6) is 0 Å². The summed E-state index contributed by atoms with van der Waals surface area (Å²) < 4.78 is 20.4. The molecule has 118 valence electrons. The monoisotopic (exact) mass is 332 g/mol. The van der Waals surface area contributed by atoms with E-state index in [0.29, 0.717) is 5.50 Å². The quantitative estimate of drug-likeness (QED) is 0.521. The summed E-state index contributed by atoms with van der Waals surface area (Å²) in [6.07, 6.45) is 0. The van der Waals surface area contributed by atoms with E-state index in [0.717, 1.165) is 27.1 Å². The molecular weight excluding hydrogens is 315 g/mol. The predicted octanol–water partition coefficient (Wildman–Crippen LogP) is 4.38. The van der Waals surface area contributed by atoms with Gasteiger partial charge in [0.25, 0.3) is 0 Å². The summed E-state index contributed by atoms with van der Waals surface area (Å²) in [6.45, 7) is 1.99. The summed E-state index contributed by atoms with van der Waals surface area (Å²) in [5.74, 6) is 0. The van der Waals surface area contributed by atoms with Gasteiger partial charge in [-0.3, -0.25) is 0 Å². The maximum absolute atomic E-state index is 14.3. The fourth-order valence-corrected chi connectivity index (χ4v) is 5.89. The second kappa shape index (κ2) is 5.81. The molecule has 0 spiro atoms. The topological polar surface area (TPSA) is 30.2 Å². The van der Waals surface area contributed by atoms with Gasteiger partial charge in [0.05, 0.1) is 0 Å². The van der Waals surface area contributed by atoms with Gasteiger partial charge < -0.3 is 8.98 Å². The van der Waals surface area contributed by atoms with Gasteiger partial charge in [0.15, 0.2) is 5.50 Å². The van der Waals surface area contributed by atoms with E-state index in [4.69, 9.17) is 4.42 Å². The van der Waals surface area contributed by atoms with E-state index in [1.54, 1.807) is 0 Å². The first-order valence-electron chi connectivity index (χ1n) is 7.91. The van der Waals surface area contributed by atoms with Crippen molar-refractivity contribution in [3.63, 3.8) is 0 Å². The lowest BCUT2D eigenvalue weighted by atomic mass is 10.2. The molecule has 0 atom stereocenters. The van der Waals surface area contributed by atoms with Crippen molar-refractivity contribution < 1.29 is 8.98 Å². The Kier molecular flexibility index (Phi) is 3.63. The Morgan fingerprint density at radius 2 is 1.21 bits per heavy atom. The van der Waals surface area contributed by atoms with Crippen molar-refractivity contribution in [2.75, 3.05) is 0 Å². The number of benzene rings is 3. The maximum Gasteiger partial charge on any atom is 0.204 e. The Morgan fingerprint density at radius 1 is 0.708 bits per heavy atom. The molecule has 3 heteroatoms. The van der Waals surface area contributed by atoms with Crippen LogP contribution in [0.4, 0.5) is 0 Å². The molecule has 0 unspecified atom stereocenters. The highest BCUT2D eigenvalue weighted by Gasteiger charge is 2.35. The Labute approximate surface area is 141 Å². The van der Waals surface area contributed by atoms with Gasteiger partial charge in [-0.2, -0.15) is 0 Å². The van der Waals surface area contributed by atoms with Gasteiger partial charge in [-0.1, -0.05) is 78.9 Å². The number of furan rings is 1. The summed E-state index contributed by atoms with van der Waals surface area (Å²) in [5, 5.41) is 2.59. The number of fused-ring (bicyclic) bond motifs is 1. The summed E-state index contributed by atoms with van der Waals surface area (Å²) in [5.41, 5.74) is 2.29. The van der Waals surface area contributed by atoms with E-state index in [1.807, 2.05) is 91.9 Å². The number of hydrogen-bond acceptors (Lipinski definition) is 2. The normalized spacial score (nSPS) is 11.7. The predicted molar refractivity (Wildman–Crippen MR) is 100 cm³/mol. The molecule has 0 bridgehead atoms. The number of aryl methyl sites for hydroxylation is 1. The molecule has 0 fully saturated rings. The zero-order valence-electron chi connectivity index (χ0n) is 13.3. The molecule has 2 nitrogen and oxygen atoms in total. The van der Waals surface area contributed by atoms with E-state index in [2.05, 4.69) is 0 Å². The highest BCUT2D eigenvalue weighted by Crippen LogP contribution is 2.45. The van der Waals surface area contributed by atoms with Crippen molar-refractivity contribution in [1.82, 2.24) is 0 Å². The lowest BCUT2D eigenvalue weighted by Crippen LogP contribution is -2.25. The van der Waals surface area contributed by atoms with Gasteiger partial charge in [-0.15, -0.1) is 0 Å². The molecule has 3 aromatic carbocycles. The van der Waals surface area contributed by atoms with E-state index in [-0.39, 0.29) is 0 Å². The molecule has 4 aromatic rings. The Balaban J connectivity index is 2.07. The van der Waals surface area contributed by atoms with Gasteiger partial charge in [-0.25, -0.2) is 0 Å². The molecule has 1 aromatic heterocycles. The Bertz CT molecular complexity index is 990. The van der Waals surface area contributed by atoms with Crippen LogP contribution in [-0.2, 0) is 4.57 Å². The molecule has 0 N–H and O–H groups in total. The third kappa shape index (κ3) is 2.23. The first-order valence-corrected chi connectivity index (χ1v) is 9.62. The Hall–Kier alpha value is -2.57. The molecule has 0 aliphatic heterocycles. The van der Waals surface area contributed by atoms with E-state index in [9.17, 15) is 4.57 Å². The minimum absolute atomic E-state index is 0.570.